The van der Waals surface area contributed by atoms with E-state index in [0.29, 0.717) is 30.1 Å². The molecule has 0 aliphatic carbocycles. The number of rotatable bonds is 8. The highest BCUT2D eigenvalue weighted by molar-refractivity contribution is 5.71. The van der Waals surface area contributed by atoms with Gasteiger partial charge < -0.3 is 9.47 Å². The molecule has 0 N–H and O–H groups in total. The largest absolute Gasteiger partial charge is 0.491 e. The van der Waals surface area contributed by atoms with Gasteiger partial charge in [0, 0.05) is 16.7 Å². The summed E-state index contributed by atoms with van der Waals surface area (Å²) >= 11 is 0. The standard InChI is InChI=1S/C30H30F4O2/c1-3-5-6-7-19-8-16-25(36-18-19)24-14-13-22(27(31)29(24)33)20-9-11-21(12-10-20)23-15-17-26(35-4-2)30(34)28(23)32/h3,5,9-15,17,19,25H,4,6-8,16,18H2,1-2H3/b5-3+. The van der Waals surface area contributed by atoms with Crippen LogP contribution in [0.3, 0.4) is 0 Å². The second-order valence-electron chi connectivity index (χ2n) is 8.99. The van der Waals surface area contributed by atoms with Crippen LogP contribution in [0.5, 0.6) is 5.75 Å². The predicted molar refractivity (Wildman–Crippen MR) is 134 cm³/mol. The Morgan fingerprint density at radius 1 is 0.833 bits per heavy atom. The molecule has 3 aromatic rings. The van der Waals surface area contributed by atoms with Crippen LogP contribution >= 0.6 is 0 Å². The predicted octanol–water partition coefficient (Wildman–Crippen LogP) is 8.80. The number of hydrogen-bond acceptors (Lipinski definition) is 2. The van der Waals surface area contributed by atoms with Crippen LogP contribution in [0.4, 0.5) is 17.6 Å². The zero-order valence-corrected chi connectivity index (χ0v) is 20.5. The fourth-order valence-electron chi connectivity index (χ4n) is 4.66. The number of allylic oxidation sites excluding steroid dienone is 2. The molecule has 1 fully saturated rings. The zero-order valence-electron chi connectivity index (χ0n) is 20.5. The van der Waals surface area contributed by atoms with Crippen molar-refractivity contribution in [2.75, 3.05) is 13.2 Å². The highest BCUT2D eigenvalue weighted by Crippen LogP contribution is 2.37. The molecule has 2 atom stereocenters. The summed E-state index contributed by atoms with van der Waals surface area (Å²) in [4.78, 5) is 0. The number of hydrogen-bond donors (Lipinski definition) is 0. The minimum Gasteiger partial charge on any atom is -0.491 e. The summed E-state index contributed by atoms with van der Waals surface area (Å²) in [5.41, 5.74) is 1.23. The van der Waals surface area contributed by atoms with Gasteiger partial charge in [-0.3, -0.25) is 0 Å². The molecule has 0 amide bonds. The molecule has 190 valence electrons. The molecule has 1 heterocycles. The molecule has 1 aliphatic heterocycles. The summed E-state index contributed by atoms with van der Waals surface area (Å²) in [6.45, 7) is 4.43. The highest BCUT2D eigenvalue weighted by atomic mass is 19.2. The van der Waals surface area contributed by atoms with Crippen molar-refractivity contribution in [3.05, 3.63) is 89.5 Å². The monoisotopic (exact) mass is 498 g/mol. The van der Waals surface area contributed by atoms with Gasteiger partial charge in [0.2, 0.25) is 5.82 Å². The normalized spacial score (nSPS) is 18.1. The van der Waals surface area contributed by atoms with Crippen molar-refractivity contribution in [2.45, 2.75) is 45.6 Å². The first kappa shape index (κ1) is 26.0. The van der Waals surface area contributed by atoms with Gasteiger partial charge in [0.1, 0.15) is 0 Å². The summed E-state index contributed by atoms with van der Waals surface area (Å²) in [5, 5.41) is 0. The minimum absolute atomic E-state index is 0.0583. The smallest absolute Gasteiger partial charge is 0.201 e. The molecular weight excluding hydrogens is 468 g/mol. The molecule has 0 radical (unpaired) electrons. The van der Waals surface area contributed by atoms with E-state index in [-0.39, 0.29) is 29.0 Å². The van der Waals surface area contributed by atoms with Gasteiger partial charge in [-0.2, -0.15) is 4.39 Å². The summed E-state index contributed by atoms with van der Waals surface area (Å²) < 4.78 is 69.9. The van der Waals surface area contributed by atoms with Crippen molar-refractivity contribution >= 4 is 0 Å². The van der Waals surface area contributed by atoms with Crippen LogP contribution < -0.4 is 4.74 Å². The molecule has 0 spiro atoms. The summed E-state index contributed by atoms with van der Waals surface area (Å²) in [6.07, 6.45) is 7.26. The third-order valence-electron chi connectivity index (χ3n) is 6.66. The first-order valence-corrected chi connectivity index (χ1v) is 12.4. The maximum atomic E-state index is 15.1. The lowest BCUT2D eigenvalue weighted by Gasteiger charge is -2.29. The van der Waals surface area contributed by atoms with Gasteiger partial charge in [0.05, 0.1) is 19.3 Å². The van der Waals surface area contributed by atoms with E-state index in [4.69, 9.17) is 9.47 Å². The van der Waals surface area contributed by atoms with E-state index < -0.39 is 29.4 Å². The van der Waals surface area contributed by atoms with Gasteiger partial charge in [-0.15, -0.1) is 0 Å². The van der Waals surface area contributed by atoms with Gasteiger partial charge in [-0.1, -0.05) is 48.6 Å². The van der Waals surface area contributed by atoms with Crippen LogP contribution in [0.25, 0.3) is 22.3 Å². The van der Waals surface area contributed by atoms with Gasteiger partial charge in [0.25, 0.3) is 0 Å². The molecule has 0 bridgehead atoms. The highest BCUT2D eigenvalue weighted by Gasteiger charge is 2.27. The first-order valence-electron chi connectivity index (χ1n) is 12.4. The van der Waals surface area contributed by atoms with E-state index in [0.717, 1.165) is 19.3 Å². The molecule has 0 aromatic heterocycles. The quantitative estimate of drug-likeness (QED) is 0.228. The lowest BCUT2D eigenvalue weighted by atomic mass is 9.90. The molecule has 3 aromatic carbocycles. The second kappa shape index (κ2) is 11.7. The van der Waals surface area contributed by atoms with E-state index in [9.17, 15) is 8.78 Å². The molecule has 4 rings (SSSR count). The summed E-state index contributed by atoms with van der Waals surface area (Å²) in [5.74, 6) is -3.66. The molecular formula is C30H30F4O2. The molecule has 6 heteroatoms. The van der Waals surface area contributed by atoms with Crippen LogP contribution in [-0.4, -0.2) is 13.2 Å². The maximum absolute atomic E-state index is 15.1. The van der Waals surface area contributed by atoms with Crippen molar-refractivity contribution < 1.29 is 27.0 Å². The van der Waals surface area contributed by atoms with Gasteiger partial charge in [-0.05, 0) is 68.7 Å². The van der Waals surface area contributed by atoms with E-state index in [1.54, 1.807) is 43.3 Å². The van der Waals surface area contributed by atoms with E-state index >= 15 is 8.78 Å². The Kier molecular flexibility index (Phi) is 8.47. The molecule has 2 nitrogen and oxygen atoms in total. The average Bonchev–Trinajstić information content (AvgIpc) is 2.90. The summed E-state index contributed by atoms with van der Waals surface area (Å²) in [6, 6.07) is 12.2. The molecule has 36 heavy (non-hydrogen) atoms. The third-order valence-corrected chi connectivity index (χ3v) is 6.66. The topological polar surface area (TPSA) is 18.5 Å². The van der Waals surface area contributed by atoms with Gasteiger partial charge in [-0.25, -0.2) is 13.2 Å². The van der Waals surface area contributed by atoms with Crippen molar-refractivity contribution in [3.8, 4) is 28.0 Å². The van der Waals surface area contributed by atoms with E-state index in [1.807, 2.05) is 13.0 Å². The molecule has 1 saturated heterocycles. The van der Waals surface area contributed by atoms with Crippen molar-refractivity contribution in [2.24, 2.45) is 5.92 Å². The van der Waals surface area contributed by atoms with Crippen molar-refractivity contribution in [3.63, 3.8) is 0 Å². The Morgan fingerprint density at radius 3 is 2.06 bits per heavy atom. The minimum atomic E-state index is -1.06. The Labute approximate surface area is 209 Å². The van der Waals surface area contributed by atoms with E-state index in [1.165, 1.54) is 12.1 Å². The molecule has 1 aliphatic rings. The maximum Gasteiger partial charge on any atom is 0.201 e. The second-order valence-corrected chi connectivity index (χ2v) is 8.99. The Morgan fingerprint density at radius 2 is 1.47 bits per heavy atom. The van der Waals surface area contributed by atoms with Crippen molar-refractivity contribution in [1.29, 1.82) is 0 Å². The Balaban J connectivity index is 1.50. The van der Waals surface area contributed by atoms with Gasteiger partial charge in [0.15, 0.2) is 23.2 Å². The number of benzene rings is 3. The third kappa shape index (κ3) is 5.49. The zero-order chi connectivity index (χ0) is 25.7. The van der Waals surface area contributed by atoms with Crippen LogP contribution in [0, 0.1) is 29.2 Å². The first-order chi connectivity index (χ1) is 17.4. The lowest BCUT2D eigenvalue weighted by molar-refractivity contribution is -0.0210. The average molecular weight is 499 g/mol. The van der Waals surface area contributed by atoms with Crippen LogP contribution in [0.15, 0.2) is 60.7 Å². The van der Waals surface area contributed by atoms with Crippen molar-refractivity contribution in [1.82, 2.24) is 0 Å². The van der Waals surface area contributed by atoms with Crippen LogP contribution in [-0.2, 0) is 4.74 Å². The van der Waals surface area contributed by atoms with Gasteiger partial charge >= 0.3 is 0 Å². The Bertz CT molecular complexity index is 1210. The van der Waals surface area contributed by atoms with Crippen LogP contribution in [0.2, 0.25) is 0 Å². The molecule has 2 unspecified atom stereocenters. The number of halogens is 4. The summed E-state index contributed by atoms with van der Waals surface area (Å²) in [7, 11) is 0. The fourth-order valence-corrected chi connectivity index (χ4v) is 4.66. The number of ether oxygens (including phenoxy) is 2. The van der Waals surface area contributed by atoms with E-state index in [2.05, 4.69) is 6.08 Å². The Hall–Kier alpha value is -3.12. The van der Waals surface area contributed by atoms with Crippen LogP contribution in [0.1, 0.15) is 51.2 Å². The lowest BCUT2D eigenvalue weighted by Crippen LogP contribution is -2.21. The fraction of sp³-hybridized carbons (Fsp3) is 0.333. The molecule has 0 saturated carbocycles. The SMILES string of the molecule is C/C=C/CCC1CCC(c2ccc(-c3ccc(-c4ccc(OCC)c(F)c4F)cc3)c(F)c2F)OC1.